The van der Waals surface area contributed by atoms with Crippen molar-refractivity contribution in [1.29, 1.82) is 0 Å². The zero-order valence-corrected chi connectivity index (χ0v) is 15.6. The second kappa shape index (κ2) is 8.07. The first-order valence-electron chi connectivity index (χ1n) is 8.44. The fourth-order valence-electron chi connectivity index (χ4n) is 2.45. The Bertz CT molecular complexity index is 679. The van der Waals surface area contributed by atoms with Crippen molar-refractivity contribution in [3.8, 4) is 0 Å². The summed E-state index contributed by atoms with van der Waals surface area (Å²) in [6, 6.07) is 6.82. The van der Waals surface area contributed by atoms with Gasteiger partial charge >= 0.3 is 6.09 Å². The molecular formula is C18H26N4O4. The van der Waals surface area contributed by atoms with Crippen LogP contribution < -0.4 is 11.1 Å². The first-order valence-corrected chi connectivity index (χ1v) is 8.44. The van der Waals surface area contributed by atoms with Gasteiger partial charge in [0.1, 0.15) is 18.8 Å². The third-order valence-corrected chi connectivity index (χ3v) is 3.86. The Morgan fingerprint density at radius 3 is 2.46 bits per heavy atom. The molecule has 0 bridgehead atoms. The van der Waals surface area contributed by atoms with Crippen LogP contribution >= 0.6 is 0 Å². The number of hydrogen-bond donors (Lipinski definition) is 2. The maximum Gasteiger partial charge on any atom is 0.410 e. The highest BCUT2D eigenvalue weighted by Gasteiger charge is 2.39. The molecule has 1 aromatic carbocycles. The van der Waals surface area contributed by atoms with Gasteiger partial charge in [0.05, 0.1) is 0 Å². The van der Waals surface area contributed by atoms with Crippen molar-refractivity contribution >= 4 is 17.8 Å². The lowest BCUT2D eigenvalue weighted by molar-refractivity contribution is -0.130. The summed E-state index contributed by atoms with van der Waals surface area (Å²) in [6.07, 6.45) is 0.176. The number of carbonyl (C=O) groups excluding carboxylic acids is 2. The minimum Gasteiger partial charge on any atom is -0.444 e. The van der Waals surface area contributed by atoms with E-state index in [-0.39, 0.29) is 11.7 Å². The van der Waals surface area contributed by atoms with E-state index in [2.05, 4.69) is 15.3 Å². The SMILES string of the molecule is CO/N=C(\N)c1ccc(CNC(=O)[C@@H]2CCN2C(=O)OC(C)(C)C)cc1. The van der Waals surface area contributed by atoms with Crippen molar-refractivity contribution in [2.24, 2.45) is 10.9 Å². The molecule has 0 aliphatic carbocycles. The lowest BCUT2D eigenvalue weighted by Crippen LogP contribution is -2.59. The fourth-order valence-corrected chi connectivity index (χ4v) is 2.45. The summed E-state index contributed by atoms with van der Waals surface area (Å²) in [5, 5.41) is 6.51. The van der Waals surface area contributed by atoms with E-state index in [0.29, 0.717) is 19.5 Å². The molecule has 1 fully saturated rings. The molecule has 1 aliphatic rings. The maximum absolute atomic E-state index is 12.3. The largest absolute Gasteiger partial charge is 0.444 e. The lowest BCUT2D eigenvalue weighted by atomic mass is 10.0. The fraction of sp³-hybridized carbons (Fsp3) is 0.500. The van der Waals surface area contributed by atoms with Gasteiger partial charge in [0.25, 0.3) is 0 Å². The van der Waals surface area contributed by atoms with E-state index >= 15 is 0 Å². The molecule has 1 aromatic rings. The molecule has 0 unspecified atom stereocenters. The average molecular weight is 362 g/mol. The van der Waals surface area contributed by atoms with Gasteiger partial charge in [0, 0.05) is 18.7 Å². The number of nitrogens with zero attached hydrogens (tertiary/aromatic N) is 2. The summed E-state index contributed by atoms with van der Waals surface area (Å²) in [4.78, 5) is 30.5. The summed E-state index contributed by atoms with van der Waals surface area (Å²) in [5.74, 6) is 0.0946. The molecule has 1 aliphatic heterocycles. The average Bonchev–Trinajstić information content (AvgIpc) is 2.50. The molecule has 0 radical (unpaired) electrons. The van der Waals surface area contributed by atoms with Crippen LogP contribution in [0.2, 0.25) is 0 Å². The Hall–Kier alpha value is -2.77. The van der Waals surface area contributed by atoms with Gasteiger partial charge in [0.2, 0.25) is 5.91 Å². The Labute approximate surface area is 153 Å². The molecule has 1 saturated heterocycles. The number of likely N-dealkylation sites (tertiary alicyclic amines) is 1. The zero-order chi connectivity index (χ0) is 19.3. The Morgan fingerprint density at radius 2 is 1.96 bits per heavy atom. The van der Waals surface area contributed by atoms with Crippen LogP contribution in [0.25, 0.3) is 0 Å². The molecule has 0 saturated carbocycles. The summed E-state index contributed by atoms with van der Waals surface area (Å²) >= 11 is 0. The van der Waals surface area contributed by atoms with Gasteiger partial charge < -0.3 is 20.6 Å². The molecule has 1 atom stereocenters. The number of ether oxygens (including phenoxy) is 1. The number of rotatable bonds is 5. The normalized spacial score (nSPS) is 17.3. The van der Waals surface area contributed by atoms with Gasteiger partial charge in [-0.1, -0.05) is 29.4 Å². The first-order chi connectivity index (χ1) is 12.2. The summed E-state index contributed by atoms with van der Waals surface area (Å²) in [6.45, 7) is 6.29. The minimum absolute atomic E-state index is 0.188. The van der Waals surface area contributed by atoms with Crippen LogP contribution in [-0.4, -0.2) is 48.0 Å². The van der Waals surface area contributed by atoms with E-state index < -0.39 is 17.7 Å². The Kier molecular flexibility index (Phi) is 6.07. The molecule has 26 heavy (non-hydrogen) atoms. The number of nitrogens with two attached hydrogens (primary N) is 1. The van der Waals surface area contributed by atoms with Gasteiger partial charge in [-0.3, -0.25) is 9.69 Å². The maximum atomic E-state index is 12.3. The van der Waals surface area contributed by atoms with Crippen molar-refractivity contribution in [2.75, 3.05) is 13.7 Å². The van der Waals surface area contributed by atoms with E-state index in [1.165, 1.54) is 12.0 Å². The Morgan fingerprint density at radius 1 is 1.31 bits per heavy atom. The number of oxime groups is 1. The molecule has 0 spiro atoms. The van der Waals surface area contributed by atoms with Gasteiger partial charge in [0.15, 0.2) is 5.84 Å². The smallest absolute Gasteiger partial charge is 0.410 e. The van der Waals surface area contributed by atoms with Crippen molar-refractivity contribution in [2.45, 2.75) is 45.4 Å². The third kappa shape index (κ3) is 5.11. The van der Waals surface area contributed by atoms with Crippen LogP contribution in [0.15, 0.2) is 29.4 Å². The van der Waals surface area contributed by atoms with Crippen LogP contribution in [0, 0.1) is 0 Å². The highest BCUT2D eigenvalue weighted by molar-refractivity contribution is 5.97. The van der Waals surface area contributed by atoms with Gasteiger partial charge in [-0.25, -0.2) is 4.79 Å². The number of nitrogens with one attached hydrogen (secondary N) is 1. The van der Waals surface area contributed by atoms with Crippen LogP contribution in [0.5, 0.6) is 0 Å². The second-order valence-corrected chi connectivity index (χ2v) is 7.05. The lowest BCUT2D eigenvalue weighted by Gasteiger charge is -2.40. The topological polar surface area (TPSA) is 106 Å². The Balaban J connectivity index is 1.87. The second-order valence-electron chi connectivity index (χ2n) is 7.05. The number of hydrogen-bond acceptors (Lipinski definition) is 5. The summed E-state index contributed by atoms with van der Waals surface area (Å²) < 4.78 is 5.31. The standard InChI is InChI=1S/C18H26N4O4/c1-18(2,3)26-17(24)22-10-9-14(22)16(23)20-11-12-5-7-13(8-6-12)15(19)21-25-4/h5-8,14H,9-11H2,1-4H3,(H2,19,21)(H,20,23)/t14-/m0/s1. The molecule has 1 heterocycles. The van der Waals surface area contributed by atoms with E-state index in [4.69, 9.17) is 10.5 Å². The van der Waals surface area contributed by atoms with E-state index in [1.54, 1.807) is 32.9 Å². The molecule has 3 N–H and O–H groups in total. The highest BCUT2D eigenvalue weighted by atomic mass is 16.6. The number of benzene rings is 1. The predicted octanol–water partition coefficient (Wildman–Crippen LogP) is 1.58. The summed E-state index contributed by atoms with van der Waals surface area (Å²) in [7, 11) is 1.43. The summed E-state index contributed by atoms with van der Waals surface area (Å²) in [5.41, 5.74) is 6.80. The van der Waals surface area contributed by atoms with Crippen molar-refractivity contribution < 1.29 is 19.2 Å². The minimum atomic E-state index is -0.580. The van der Waals surface area contributed by atoms with E-state index in [9.17, 15) is 9.59 Å². The third-order valence-electron chi connectivity index (χ3n) is 3.86. The first kappa shape index (κ1) is 19.6. The van der Waals surface area contributed by atoms with Crippen molar-refractivity contribution in [3.05, 3.63) is 35.4 Å². The molecule has 0 aromatic heterocycles. The van der Waals surface area contributed by atoms with Crippen molar-refractivity contribution in [1.82, 2.24) is 10.2 Å². The quantitative estimate of drug-likeness (QED) is 0.470. The molecule has 2 amide bonds. The number of carbonyl (C=O) groups is 2. The molecular weight excluding hydrogens is 336 g/mol. The molecule has 8 heteroatoms. The van der Waals surface area contributed by atoms with Crippen LogP contribution in [0.3, 0.4) is 0 Å². The van der Waals surface area contributed by atoms with Crippen molar-refractivity contribution in [3.63, 3.8) is 0 Å². The van der Waals surface area contributed by atoms with Gasteiger partial charge in [-0.05, 0) is 32.8 Å². The number of amides is 2. The van der Waals surface area contributed by atoms with Gasteiger partial charge in [-0.2, -0.15) is 0 Å². The zero-order valence-electron chi connectivity index (χ0n) is 15.6. The van der Waals surface area contributed by atoms with Crippen LogP contribution in [0.1, 0.15) is 38.3 Å². The van der Waals surface area contributed by atoms with E-state index in [0.717, 1.165) is 11.1 Å². The molecule has 142 valence electrons. The molecule has 8 nitrogen and oxygen atoms in total. The highest BCUT2D eigenvalue weighted by Crippen LogP contribution is 2.21. The number of amidine groups is 1. The van der Waals surface area contributed by atoms with Crippen LogP contribution in [0.4, 0.5) is 4.79 Å². The van der Waals surface area contributed by atoms with Crippen LogP contribution in [-0.2, 0) is 20.9 Å². The monoisotopic (exact) mass is 362 g/mol. The van der Waals surface area contributed by atoms with Gasteiger partial charge in [-0.15, -0.1) is 0 Å². The van der Waals surface area contributed by atoms with E-state index in [1.807, 2.05) is 12.1 Å². The molecule has 2 rings (SSSR count). The predicted molar refractivity (Wildman–Crippen MR) is 97.4 cm³/mol.